The number of piperazine rings is 1. The Bertz CT molecular complexity index is 659. The molecule has 1 fully saturated rings. The zero-order valence-corrected chi connectivity index (χ0v) is 12.8. The molecule has 112 valence electrons. The number of aromatic nitrogens is 1. The van der Waals surface area contributed by atoms with Crippen LogP contribution in [-0.4, -0.2) is 43.2 Å². The number of nitrogens with zero attached hydrogens (tertiary/aromatic N) is 1. The van der Waals surface area contributed by atoms with Crippen LogP contribution in [0, 0.1) is 0 Å². The molecule has 3 rings (SSSR count). The molecule has 0 atom stereocenters. The van der Waals surface area contributed by atoms with Gasteiger partial charge >= 0.3 is 4.87 Å². The van der Waals surface area contributed by atoms with E-state index in [1.54, 1.807) is 7.11 Å². The van der Waals surface area contributed by atoms with E-state index in [1.165, 1.54) is 11.3 Å². The molecule has 2 aromatic rings. The van der Waals surface area contributed by atoms with E-state index in [9.17, 15) is 4.79 Å². The molecule has 0 aliphatic carbocycles. The molecule has 5 nitrogen and oxygen atoms in total. The van der Waals surface area contributed by atoms with E-state index in [2.05, 4.69) is 15.2 Å². The van der Waals surface area contributed by atoms with Gasteiger partial charge in [0.25, 0.3) is 0 Å². The van der Waals surface area contributed by atoms with Gasteiger partial charge in [-0.2, -0.15) is 0 Å². The van der Waals surface area contributed by atoms with E-state index in [-0.39, 0.29) is 4.87 Å². The first-order valence-corrected chi connectivity index (χ1v) is 7.87. The Morgan fingerprint density at radius 1 is 1.33 bits per heavy atom. The first-order chi connectivity index (χ1) is 10.3. The zero-order chi connectivity index (χ0) is 14.7. The number of aromatic amines is 1. The Morgan fingerprint density at radius 2 is 2.14 bits per heavy atom. The lowest BCUT2D eigenvalue weighted by molar-refractivity contribution is 0.235. The molecule has 0 amide bonds. The average Bonchev–Trinajstić information content (AvgIpc) is 2.89. The van der Waals surface area contributed by atoms with Crippen LogP contribution in [0.25, 0.3) is 11.3 Å². The van der Waals surface area contributed by atoms with Crippen molar-refractivity contribution in [2.24, 2.45) is 0 Å². The predicted octanol–water partition coefficient (Wildman–Crippen LogP) is 1.52. The number of hydrogen-bond acceptors (Lipinski definition) is 5. The number of benzene rings is 1. The van der Waals surface area contributed by atoms with Gasteiger partial charge in [0.05, 0.1) is 12.8 Å². The van der Waals surface area contributed by atoms with Crippen LogP contribution in [0.15, 0.2) is 29.1 Å². The third-order valence-corrected chi connectivity index (χ3v) is 4.52. The highest BCUT2D eigenvalue weighted by Crippen LogP contribution is 2.27. The van der Waals surface area contributed by atoms with Crippen molar-refractivity contribution in [1.82, 2.24) is 15.2 Å². The van der Waals surface area contributed by atoms with Crippen molar-refractivity contribution in [3.8, 4) is 17.0 Å². The molecule has 2 heterocycles. The molecule has 1 saturated heterocycles. The van der Waals surface area contributed by atoms with E-state index in [1.807, 2.05) is 24.3 Å². The standard InChI is InChI=1S/C15H19N3O2S/c1-20-12-4-2-3-11(9-12)14-13(21-15(19)17-14)10-18-7-5-16-6-8-18/h2-4,9,16H,5-8,10H2,1H3,(H,17,19). The van der Waals surface area contributed by atoms with Crippen LogP contribution in [0.3, 0.4) is 0 Å². The number of H-pyrrole nitrogens is 1. The molecule has 0 radical (unpaired) electrons. The molecule has 0 bridgehead atoms. The summed E-state index contributed by atoms with van der Waals surface area (Å²) in [7, 11) is 1.65. The lowest BCUT2D eigenvalue weighted by Gasteiger charge is -2.26. The summed E-state index contributed by atoms with van der Waals surface area (Å²) < 4.78 is 5.27. The second-order valence-electron chi connectivity index (χ2n) is 5.07. The van der Waals surface area contributed by atoms with Gasteiger partial charge in [0, 0.05) is 43.2 Å². The van der Waals surface area contributed by atoms with Crippen molar-refractivity contribution in [1.29, 1.82) is 0 Å². The fraction of sp³-hybridized carbons (Fsp3) is 0.400. The summed E-state index contributed by atoms with van der Waals surface area (Å²) in [4.78, 5) is 18.2. The maximum Gasteiger partial charge on any atom is 0.305 e. The first kappa shape index (κ1) is 14.3. The summed E-state index contributed by atoms with van der Waals surface area (Å²) in [6, 6.07) is 7.81. The van der Waals surface area contributed by atoms with E-state index >= 15 is 0 Å². The highest BCUT2D eigenvalue weighted by Gasteiger charge is 2.16. The fourth-order valence-corrected chi connectivity index (χ4v) is 3.45. The van der Waals surface area contributed by atoms with Crippen molar-refractivity contribution < 1.29 is 4.74 Å². The van der Waals surface area contributed by atoms with E-state index < -0.39 is 0 Å². The molecule has 21 heavy (non-hydrogen) atoms. The third kappa shape index (κ3) is 3.34. The van der Waals surface area contributed by atoms with Crippen LogP contribution in [0.5, 0.6) is 5.75 Å². The Labute approximate surface area is 127 Å². The topological polar surface area (TPSA) is 57.4 Å². The Hall–Kier alpha value is -1.63. The number of methoxy groups -OCH3 is 1. The molecule has 1 aromatic heterocycles. The summed E-state index contributed by atoms with van der Waals surface area (Å²) in [6.07, 6.45) is 0. The minimum Gasteiger partial charge on any atom is -0.497 e. The molecule has 2 N–H and O–H groups in total. The second-order valence-corrected chi connectivity index (χ2v) is 6.14. The van der Waals surface area contributed by atoms with Gasteiger partial charge in [0.2, 0.25) is 0 Å². The Balaban J connectivity index is 1.89. The van der Waals surface area contributed by atoms with Crippen LogP contribution in [-0.2, 0) is 6.54 Å². The molecule has 1 aliphatic rings. The van der Waals surface area contributed by atoms with Crippen molar-refractivity contribution in [2.75, 3.05) is 33.3 Å². The lowest BCUT2D eigenvalue weighted by atomic mass is 10.1. The summed E-state index contributed by atoms with van der Waals surface area (Å²) in [5.41, 5.74) is 1.92. The predicted molar refractivity (Wildman–Crippen MR) is 85.1 cm³/mol. The third-order valence-electron chi connectivity index (χ3n) is 3.66. The van der Waals surface area contributed by atoms with Crippen LogP contribution in [0.4, 0.5) is 0 Å². The van der Waals surface area contributed by atoms with Gasteiger partial charge in [-0.25, -0.2) is 0 Å². The normalized spacial score (nSPS) is 16.0. The summed E-state index contributed by atoms with van der Waals surface area (Å²) in [5.74, 6) is 0.799. The summed E-state index contributed by atoms with van der Waals surface area (Å²) >= 11 is 1.30. The van der Waals surface area contributed by atoms with Gasteiger partial charge in [-0.3, -0.25) is 9.69 Å². The van der Waals surface area contributed by atoms with Gasteiger partial charge in [-0.15, -0.1) is 0 Å². The number of hydrogen-bond donors (Lipinski definition) is 2. The highest BCUT2D eigenvalue weighted by atomic mass is 32.1. The van der Waals surface area contributed by atoms with Crippen LogP contribution < -0.4 is 14.9 Å². The first-order valence-electron chi connectivity index (χ1n) is 7.06. The van der Waals surface area contributed by atoms with Gasteiger partial charge < -0.3 is 15.0 Å². The maximum atomic E-state index is 11.8. The van der Waals surface area contributed by atoms with E-state index in [4.69, 9.17) is 4.74 Å². The fourth-order valence-electron chi connectivity index (χ4n) is 2.56. The van der Waals surface area contributed by atoms with Crippen molar-refractivity contribution >= 4 is 11.3 Å². The molecule has 6 heteroatoms. The highest BCUT2D eigenvalue weighted by molar-refractivity contribution is 7.09. The molecule has 1 aliphatic heterocycles. The summed E-state index contributed by atoms with van der Waals surface area (Å²) in [6.45, 7) is 4.87. The number of nitrogens with one attached hydrogen (secondary N) is 2. The molecule has 0 unspecified atom stereocenters. The Morgan fingerprint density at radius 3 is 2.90 bits per heavy atom. The zero-order valence-electron chi connectivity index (χ0n) is 12.0. The molecule has 0 saturated carbocycles. The maximum absolute atomic E-state index is 11.8. The van der Waals surface area contributed by atoms with Crippen LogP contribution >= 0.6 is 11.3 Å². The Kier molecular flexibility index (Phi) is 4.38. The van der Waals surface area contributed by atoms with Crippen molar-refractivity contribution in [3.05, 3.63) is 38.8 Å². The molecule has 1 aromatic carbocycles. The second kappa shape index (κ2) is 6.43. The molecular formula is C15H19N3O2S. The SMILES string of the molecule is COc1cccc(-c2[nH]c(=O)sc2CN2CCNCC2)c1. The van der Waals surface area contributed by atoms with Gasteiger partial charge in [-0.1, -0.05) is 23.5 Å². The van der Waals surface area contributed by atoms with Gasteiger partial charge in [0.1, 0.15) is 5.75 Å². The smallest absolute Gasteiger partial charge is 0.305 e. The number of rotatable bonds is 4. The summed E-state index contributed by atoms with van der Waals surface area (Å²) in [5, 5.41) is 3.34. The van der Waals surface area contributed by atoms with Crippen molar-refractivity contribution in [3.63, 3.8) is 0 Å². The lowest BCUT2D eigenvalue weighted by Crippen LogP contribution is -2.42. The van der Waals surface area contributed by atoms with Gasteiger partial charge in [-0.05, 0) is 12.1 Å². The van der Waals surface area contributed by atoms with Crippen LogP contribution in [0.2, 0.25) is 0 Å². The van der Waals surface area contributed by atoms with E-state index in [0.717, 1.165) is 54.6 Å². The average molecular weight is 305 g/mol. The molecule has 0 spiro atoms. The monoisotopic (exact) mass is 305 g/mol. The largest absolute Gasteiger partial charge is 0.497 e. The minimum absolute atomic E-state index is 0.00189. The van der Waals surface area contributed by atoms with E-state index in [0.29, 0.717) is 0 Å². The van der Waals surface area contributed by atoms with Crippen molar-refractivity contribution in [2.45, 2.75) is 6.54 Å². The minimum atomic E-state index is -0.00189. The van der Waals surface area contributed by atoms with Gasteiger partial charge in [0.15, 0.2) is 0 Å². The quantitative estimate of drug-likeness (QED) is 0.899. The number of thiazole rings is 1. The number of ether oxygens (including phenoxy) is 1. The van der Waals surface area contributed by atoms with Crippen LogP contribution in [0.1, 0.15) is 4.88 Å². The molecular weight excluding hydrogens is 286 g/mol.